The van der Waals surface area contributed by atoms with E-state index in [9.17, 15) is 0 Å². The highest BCUT2D eigenvalue weighted by Gasteiger charge is 2.21. The lowest BCUT2D eigenvalue weighted by molar-refractivity contribution is 0.0906. The maximum absolute atomic E-state index is 5.72. The lowest BCUT2D eigenvalue weighted by atomic mass is 10.0. The molecule has 25 heavy (non-hydrogen) atoms. The van der Waals surface area contributed by atoms with Gasteiger partial charge in [-0.25, -0.2) is 9.97 Å². The number of rotatable bonds is 6. The molecule has 3 rings (SSSR count). The smallest absolute Gasteiger partial charge is 0.163 e. The van der Waals surface area contributed by atoms with Gasteiger partial charge in [-0.05, 0) is 31.5 Å². The Kier molecular flexibility index (Phi) is 4.85. The van der Waals surface area contributed by atoms with Crippen LogP contribution < -0.4 is 10.1 Å². The Hall–Kier alpha value is -2.67. The van der Waals surface area contributed by atoms with Crippen LogP contribution in [0.5, 0.6) is 5.75 Å². The number of anilines is 1. The van der Waals surface area contributed by atoms with Crippen LogP contribution in [-0.4, -0.2) is 40.0 Å². The van der Waals surface area contributed by atoms with E-state index in [1.807, 2.05) is 38.2 Å². The molecule has 0 aliphatic rings. The maximum atomic E-state index is 5.72. The third kappa shape index (κ3) is 3.41. The molecule has 0 saturated carbocycles. The van der Waals surface area contributed by atoms with E-state index in [-0.39, 0.29) is 12.1 Å². The monoisotopic (exact) mass is 341 g/mol. The fourth-order valence-electron chi connectivity index (χ4n) is 2.95. The zero-order valence-electron chi connectivity index (χ0n) is 15.1. The fraction of sp³-hybridized carbons (Fsp3) is 0.389. The molecule has 7 nitrogen and oxygen atoms in total. The number of aromatic nitrogens is 4. The van der Waals surface area contributed by atoms with Crippen molar-refractivity contribution in [2.24, 2.45) is 7.05 Å². The van der Waals surface area contributed by atoms with Crippen LogP contribution >= 0.6 is 0 Å². The Bertz CT molecular complexity index is 860. The summed E-state index contributed by atoms with van der Waals surface area (Å²) in [5.74, 6) is 2.28. The Morgan fingerprint density at radius 3 is 2.48 bits per heavy atom. The molecule has 0 fully saturated rings. The standard InChI is InChI=1S/C18H23N5O2/c1-11(16(25-5)13-6-8-14(24-4)9-7-13)20-17-15-10-19-23(3)18(15)22-12(2)21-17/h6-11,16H,1-5H3,(H,20,21,22)/t11-,16+/m1/s1. The van der Waals surface area contributed by atoms with Crippen LogP contribution in [0, 0.1) is 6.92 Å². The Morgan fingerprint density at radius 1 is 1.12 bits per heavy atom. The minimum atomic E-state index is -0.132. The van der Waals surface area contributed by atoms with Gasteiger partial charge in [0.05, 0.1) is 24.7 Å². The van der Waals surface area contributed by atoms with Crippen molar-refractivity contribution < 1.29 is 9.47 Å². The molecule has 0 unspecified atom stereocenters. The normalized spacial score (nSPS) is 13.6. The fourth-order valence-corrected chi connectivity index (χ4v) is 2.95. The second-order valence-corrected chi connectivity index (χ2v) is 5.99. The number of ether oxygens (including phenoxy) is 2. The predicted molar refractivity (Wildman–Crippen MR) is 96.9 cm³/mol. The second-order valence-electron chi connectivity index (χ2n) is 5.99. The van der Waals surface area contributed by atoms with Gasteiger partial charge in [0.2, 0.25) is 0 Å². The first kappa shape index (κ1) is 17.2. The first-order chi connectivity index (χ1) is 12.0. The van der Waals surface area contributed by atoms with Crippen LogP contribution in [0.3, 0.4) is 0 Å². The summed E-state index contributed by atoms with van der Waals surface area (Å²) in [4.78, 5) is 8.99. The van der Waals surface area contributed by atoms with Crippen molar-refractivity contribution in [3.8, 4) is 5.75 Å². The molecule has 7 heteroatoms. The van der Waals surface area contributed by atoms with E-state index >= 15 is 0 Å². The van der Waals surface area contributed by atoms with Gasteiger partial charge in [-0.15, -0.1) is 0 Å². The number of aryl methyl sites for hydroxylation is 2. The summed E-state index contributed by atoms with van der Waals surface area (Å²) in [7, 11) is 5.23. The quantitative estimate of drug-likeness (QED) is 0.743. The lowest BCUT2D eigenvalue weighted by Gasteiger charge is -2.25. The van der Waals surface area contributed by atoms with Crippen LogP contribution in [0.25, 0.3) is 11.0 Å². The summed E-state index contributed by atoms with van der Waals surface area (Å²) in [6.07, 6.45) is 1.65. The zero-order chi connectivity index (χ0) is 18.0. The van der Waals surface area contributed by atoms with E-state index in [1.54, 1.807) is 25.1 Å². The van der Waals surface area contributed by atoms with Gasteiger partial charge >= 0.3 is 0 Å². The second kappa shape index (κ2) is 7.06. The van der Waals surface area contributed by atoms with E-state index in [0.717, 1.165) is 28.2 Å². The average molecular weight is 341 g/mol. The molecular formula is C18H23N5O2. The number of nitrogens with zero attached hydrogens (tertiary/aromatic N) is 4. The third-order valence-corrected chi connectivity index (χ3v) is 4.22. The Labute approximate surface area is 147 Å². The molecule has 0 amide bonds. The topological polar surface area (TPSA) is 74.1 Å². The SMILES string of the molecule is COc1ccc([C@@H](OC)[C@@H](C)Nc2nc(C)nc3c2cnn3C)cc1. The molecule has 0 saturated heterocycles. The molecule has 0 aliphatic heterocycles. The Balaban J connectivity index is 1.88. The van der Waals surface area contributed by atoms with Gasteiger partial charge in [0, 0.05) is 14.2 Å². The van der Waals surface area contributed by atoms with E-state index in [4.69, 9.17) is 9.47 Å². The molecule has 2 atom stereocenters. The van der Waals surface area contributed by atoms with Crippen molar-refractivity contribution in [2.45, 2.75) is 26.0 Å². The van der Waals surface area contributed by atoms with E-state index in [0.29, 0.717) is 5.82 Å². The van der Waals surface area contributed by atoms with Gasteiger partial charge in [-0.1, -0.05) is 12.1 Å². The van der Waals surface area contributed by atoms with Crippen LogP contribution in [0.15, 0.2) is 30.5 Å². The summed E-state index contributed by atoms with van der Waals surface area (Å²) >= 11 is 0. The molecule has 0 spiro atoms. The van der Waals surface area contributed by atoms with Crippen molar-refractivity contribution >= 4 is 16.9 Å². The van der Waals surface area contributed by atoms with Crippen LogP contribution in [0.4, 0.5) is 5.82 Å². The van der Waals surface area contributed by atoms with Crippen molar-refractivity contribution in [3.63, 3.8) is 0 Å². The van der Waals surface area contributed by atoms with Crippen LogP contribution in [-0.2, 0) is 11.8 Å². The molecule has 132 valence electrons. The number of benzene rings is 1. The van der Waals surface area contributed by atoms with Gasteiger partial charge < -0.3 is 14.8 Å². The van der Waals surface area contributed by atoms with Gasteiger partial charge in [-0.2, -0.15) is 5.10 Å². The van der Waals surface area contributed by atoms with E-state index in [2.05, 4.69) is 27.3 Å². The number of fused-ring (bicyclic) bond motifs is 1. The number of methoxy groups -OCH3 is 2. The zero-order valence-corrected chi connectivity index (χ0v) is 15.1. The molecule has 0 aliphatic carbocycles. The average Bonchev–Trinajstić information content (AvgIpc) is 2.97. The summed E-state index contributed by atoms with van der Waals surface area (Å²) < 4.78 is 12.7. The minimum Gasteiger partial charge on any atom is -0.497 e. The Morgan fingerprint density at radius 2 is 1.84 bits per heavy atom. The lowest BCUT2D eigenvalue weighted by Crippen LogP contribution is -2.26. The van der Waals surface area contributed by atoms with Crippen molar-refractivity contribution in [3.05, 3.63) is 41.9 Å². The van der Waals surface area contributed by atoms with Crippen molar-refractivity contribution in [2.75, 3.05) is 19.5 Å². The van der Waals surface area contributed by atoms with Gasteiger partial charge in [0.15, 0.2) is 5.65 Å². The number of nitrogens with one attached hydrogen (secondary N) is 1. The van der Waals surface area contributed by atoms with E-state index in [1.165, 1.54) is 0 Å². The van der Waals surface area contributed by atoms with Crippen molar-refractivity contribution in [1.29, 1.82) is 0 Å². The summed E-state index contributed by atoms with van der Waals surface area (Å²) in [5, 5.41) is 8.63. The third-order valence-electron chi connectivity index (χ3n) is 4.22. The molecule has 0 radical (unpaired) electrons. The van der Waals surface area contributed by atoms with E-state index < -0.39 is 0 Å². The highest BCUT2D eigenvalue weighted by molar-refractivity contribution is 5.86. The summed E-state index contributed by atoms with van der Waals surface area (Å²) in [6, 6.07) is 7.88. The van der Waals surface area contributed by atoms with Crippen LogP contribution in [0.2, 0.25) is 0 Å². The van der Waals surface area contributed by atoms with Gasteiger partial charge in [0.1, 0.15) is 23.5 Å². The molecule has 1 aromatic carbocycles. The van der Waals surface area contributed by atoms with Crippen molar-refractivity contribution in [1.82, 2.24) is 19.7 Å². The molecule has 1 N–H and O–H groups in total. The summed E-state index contributed by atoms with van der Waals surface area (Å²) in [5.41, 5.74) is 1.87. The maximum Gasteiger partial charge on any atom is 0.163 e. The largest absolute Gasteiger partial charge is 0.497 e. The van der Waals surface area contributed by atoms with Gasteiger partial charge in [0.25, 0.3) is 0 Å². The first-order valence-electron chi connectivity index (χ1n) is 8.13. The predicted octanol–water partition coefficient (Wildman–Crippen LogP) is 2.87. The molecule has 0 bridgehead atoms. The highest BCUT2D eigenvalue weighted by Crippen LogP contribution is 2.27. The first-order valence-corrected chi connectivity index (χ1v) is 8.13. The highest BCUT2D eigenvalue weighted by atomic mass is 16.5. The summed E-state index contributed by atoms with van der Waals surface area (Å²) in [6.45, 7) is 3.94. The number of hydrogen-bond acceptors (Lipinski definition) is 6. The van der Waals surface area contributed by atoms with Crippen LogP contribution in [0.1, 0.15) is 24.4 Å². The molecule has 3 aromatic rings. The molecular weight excluding hydrogens is 318 g/mol. The molecule has 2 aromatic heterocycles. The minimum absolute atomic E-state index is 0.00361. The molecule has 2 heterocycles. The number of hydrogen-bond donors (Lipinski definition) is 1. The van der Waals surface area contributed by atoms with Gasteiger partial charge in [-0.3, -0.25) is 4.68 Å².